The van der Waals surface area contributed by atoms with Crippen molar-refractivity contribution in [1.82, 2.24) is 0 Å². The molecule has 2 rings (SSSR count). The quantitative estimate of drug-likeness (QED) is 0.717. The van der Waals surface area contributed by atoms with E-state index in [4.69, 9.17) is 0 Å². The molecular formula is C20H33NO2S. The van der Waals surface area contributed by atoms with E-state index < -0.39 is 10.0 Å². The third-order valence-corrected chi connectivity index (χ3v) is 4.06. The highest BCUT2D eigenvalue weighted by Gasteiger charge is 2.14. The summed E-state index contributed by atoms with van der Waals surface area (Å²) in [5.74, 6) is 0. The Morgan fingerprint density at radius 3 is 1.71 bits per heavy atom. The molecule has 0 saturated carbocycles. The van der Waals surface area contributed by atoms with Gasteiger partial charge in [0.1, 0.15) is 0 Å². The van der Waals surface area contributed by atoms with Crippen LogP contribution in [0.15, 0.2) is 53.4 Å². The van der Waals surface area contributed by atoms with Gasteiger partial charge >= 0.3 is 0 Å². The lowest BCUT2D eigenvalue weighted by molar-refractivity contribution is 0.601. The summed E-state index contributed by atoms with van der Waals surface area (Å²) >= 11 is 0. The summed E-state index contributed by atoms with van der Waals surface area (Å²) in [6.07, 6.45) is 0. The van der Waals surface area contributed by atoms with E-state index in [0.29, 0.717) is 5.69 Å². The molecule has 0 heterocycles. The van der Waals surface area contributed by atoms with Crippen molar-refractivity contribution in [2.75, 3.05) is 4.72 Å². The van der Waals surface area contributed by atoms with Crippen LogP contribution >= 0.6 is 0 Å². The van der Waals surface area contributed by atoms with Crippen LogP contribution in [0.1, 0.15) is 52.7 Å². The number of rotatable bonds is 3. The molecule has 0 spiro atoms. The van der Waals surface area contributed by atoms with E-state index >= 15 is 0 Å². The maximum atomic E-state index is 12.1. The maximum absolute atomic E-state index is 12.1. The largest absolute Gasteiger partial charge is 0.279 e. The molecule has 0 bridgehead atoms. The summed E-state index contributed by atoms with van der Waals surface area (Å²) in [5.41, 5.74) is 2.63. The highest BCUT2D eigenvalue weighted by molar-refractivity contribution is 7.92. The van der Waals surface area contributed by atoms with Gasteiger partial charge in [0.05, 0.1) is 10.6 Å². The molecule has 0 aliphatic carbocycles. The predicted molar refractivity (Wildman–Crippen MR) is 107 cm³/mol. The second-order valence-corrected chi connectivity index (χ2v) is 5.92. The molecular weight excluding hydrogens is 318 g/mol. The summed E-state index contributed by atoms with van der Waals surface area (Å²) in [5, 5.41) is 0. The Labute approximate surface area is 149 Å². The number of anilines is 1. The highest BCUT2D eigenvalue weighted by Crippen LogP contribution is 2.20. The first-order chi connectivity index (χ1) is 11.5. The molecule has 136 valence electrons. The van der Waals surface area contributed by atoms with E-state index in [1.54, 1.807) is 36.4 Å². The van der Waals surface area contributed by atoms with Crippen molar-refractivity contribution in [2.24, 2.45) is 0 Å². The van der Waals surface area contributed by atoms with Crippen LogP contribution in [0.2, 0.25) is 0 Å². The van der Waals surface area contributed by atoms with Crippen molar-refractivity contribution in [3.8, 4) is 0 Å². The molecule has 24 heavy (non-hydrogen) atoms. The minimum Gasteiger partial charge on any atom is -0.279 e. The molecule has 0 atom stereocenters. The molecule has 2 aromatic rings. The predicted octanol–water partition coefficient (Wildman–Crippen LogP) is 6.18. The summed E-state index contributed by atoms with van der Waals surface area (Å²) < 4.78 is 26.9. The van der Waals surface area contributed by atoms with Crippen molar-refractivity contribution in [3.05, 3.63) is 59.7 Å². The molecule has 2 aromatic carbocycles. The molecule has 3 nitrogen and oxygen atoms in total. The van der Waals surface area contributed by atoms with Gasteiger partial charge in [-0.1, -0.05) is 77.4 Å². The van der Waals surface area contributed by atoms with Crippen molar-refractivity contribution in [2.45, 2.75) is 60.3 Å². The van der Waals surface area contributed by atoms with Crippen molar-refractivity contribution in [1.29, 1.82) is 0 Å². The Morgan fingerprint density at radius 1 is 0.750 bits per heavy atom. The second-order valence-electron chi connectivity index (χ2n) is 4.24. The van der Waals surface area contributed by atoms with Gasteiger partial charge in [0.25, 0.3) is 10.0 Å². The van der Waals surface area contributed by atoms with Crippen LogP contribution in [-0.2, 0) is 10.0 Å². The molecule has 0 amide bonds. The summed E-state index contributed by atoms with van der Waals surface area (Å²) in [6.45, 7) is 15.9. The third-order valence-electron chi connectivity index (χ3n) is 2.68. The van der Waals surface area contributed by atoms with Crippen LogP contribution in [0.4, 0.5) is 5.69 Å². The van der Waals surface area contributed by atoms with Gasteiger partial charge < -0.3 is 0 Å². The van der Waals surface area contributed by atoms with Crippen molar-refractivity contribution < 1.29 is 8.42 Å². The fraction of sp³-hybridized carbons (Fsp3) is 0.400. The summed E-state index contributed by atoms with van der Waals surface area (Å²) in [7, 11) is -3.50. The molecule has 0 radical (unpaired) electrons. The zero-order valence-corrected chi connectivity index (χ0v) is 17.2. The highest BCUT2D eigenvalue weighted by atomic mass is 32.2. The van der Waals surface area contributed by atoms with Crippen LogP contribution in [0.5, 0.6) is 0 Å². The van der Waals surface area contributed by atoms with Crippen LogP contribution < -0.4 is 4.72 Å². The van der Waals surface area contributed by atoms with Gasteiger partial charge in [-0.3, -0.25) is 4.72 Å². The zero-order valence-electron chi connectivity index (χ0n) is 16.3. The molecule has 0 aliphatic rings. The number of hydrogen-bond acceptors (Lipinski definition) is 2. The first kappa shape index (κ1) is 24.4. The lowest BCUT2D eigenvalue weighted by Crippen LogP contribution is -2.13. The molecule has 1 N–H and O–H groups in total. The van der Waals surface area contributed by atoms with E-state index in [0.717, 1.165) is 11.1 Å². The Balaban J connectivity index is 0. The third kappa shape index (κ3) is 8.16. The minimum absolute atomic E-state index is 0.268. The van der Waals surface area contributed by atoms with Crippen LogP contribution in [-0.4, -0.2) is 8.42 Å². The standard InChI is InChI=1S/C14H15NO2S.3C2H6/c1-11-8-9-14(12(2)10-11)15-18(16,17)13-6-4-3-5-7-13;3*1-2/h3-10,15H,1-2H3;3*1-2H3. The smallest absolute Gasteiger partial charge is 0.261 e. The first-order valence-corrected chi connectivity index (χ1v) is 10.1. The average Bonchev–Trinajstić information content (AvgIpc) is 2.63. The Hall–Kier alpha value is -1.81. The van der Waals surface area contributed by atoms with Crippen LogP contribution in [0.3, 0.4) is 0 Å². The minimum atomic E-state index is -3.50. The van der Waals surface area contributed by atoms with Gasteiger partial charge in [0, 0.05) is 0 Å². The van der Waals surface area contributed by atoms with E-state index in [-0.39, 0.29) is 4.90 Å². The van der Waals surface area contributed by atoms with Gasteiger partial charge in [-0.2, -0.15) is 0 Å². The average molecular weight is 352 g/mol. The van der Waals surface area contributed by atoms with Gasteiger partial charge in [-0.15, -0.1) is 0 Å². The molecule has 4 heteroatoms. The lowest BCUT2D eigenvalue weighted by atomic mass is 10.1. The second kappa shape index (κ2) is 13.6. The van der Waals surface area contributed by atoms with E-state index in [1.165, 1.54) is 0 Å². The van der Waals surface area contributed by atoms with Gasteiger partial charge in [0.2, 0.25) is 0 Å². The van der Waals surface area contributed by atoms with Crippen LogP contribution in [0, 0.1) is 13.8 Å². The molecule has 0 fully saturated rings. The Kier molecular flexibility index (Phi) is 13.9. The number of benzene rings is 2. The normalized spacial score (nSPS) is 9.17. The van der Waals surface area contributed by atoms with Crippen LogP contribution in [0.25, 0.3) is 0 Å². The van der Waals surface area contributed by atoms with Crippen molar-refractivity contribution in [3.63, 3.8) is 0 Å². The SMILES string of the molecule is CC.CC.CC.Cc1ccc(NS(=O)(=O)c2ccccc2)c(C)c1. The van der Waals surface area contributed by atoms with E-state index in [2.05, 4.69) is 4.72 Å². The van der Waals surface area contributed by atoms with E-state index in [1.807, 2.05) is 67.5 Å². The topological polar surface area (TPSA) is 46.2 Å². The van der Waals surface area contributed by atoms with Gasteiger partial charge in [-0.05, 0) is 37.6 Å². The van der Waals surface area contributed by atoms with Gasteiger partial charge in [0.15, 0.2) is 0 Å². The maximum Gasteiger partial charge on any atom is 0.261 e. The monoisotopic (exact) mass is 351 g/mol. The molecule has 0 unspecified atom stereocenters. The Bertz CT molecular complexity index is 651. The number of sulfonamides is 1. The molecule has 0 aliphatic heterocycles. The Morgan fingerprint density at radius 2 is 1.25 bits per heavy atom. The van der Waals surface area contributed by atoms with Crippen molar-refractivity contribution >= 4 is 15.7 Å². The summed E-state index contributed by atoms with van der Waals surface area (Å²) in [6, 6.07) is 14.0. The van der Waals surface area contributed by atoms with Gasteiger partial charge in [-0.25, -0.2) is 8.42 Å². The molecule has 0 saturated heterocycles. The fourth-order valence-corrected chi connectivity index (χ4v) is 2.88. The number of nitrogens with one attached hydrogen (secondary N) is 1. The lowest BCUT2D eigenvalue weighted by Gasteiger charge is -2.11. The number of aryl methyl sites for hydroxylation is 2. The molecule has 0 aromatic heterocycles. The van der Waals surface area contributed by atoms with E-state index in [9.17, 15) is 8.42 Å². The summed E-state index contributed by atoms with van der Waals surface area (Å²) in [4.78, 5) is 0.268. The first-order valence-electron chi connectivity index (χ1n) is 8.64. The number of hydrogen-bond donors (Lipinski definition) is 1. The fourth-order valence-electron chi connectivity index (χ4n) is 1.73. The zero-order chi connectivity index (χ0) is 19.2.